The van der Waals surface area contributed by atoms with Crippen molar-refractivity contribution >= 4 is 5.97 Å². The summed E-state index contributed by atoms with van der Waals surface area (Å²) in [6.45, 7) is 0.842. The van der Waals surface area contributed by atoms with Gasteiger partial charge in [0.05, 0.1) is 5.92 Å². The molecule has 17 heavy (non-hydrogen) atoms. The van der Waals surface area contributed by atoms with Gasteiger partial charge in [-0.15, -0.1) is 0 Å². The highest BCUT2D eigenvalue weighted by Gasteiger charge is 2.41. The van der Waals surface area contributed by atoms with Gasteiger partial charge in [-0.2, -0.15) is 13.2 Å². The first-order valence-corrected chi connectivity index (χ1v) is 5.58. The lowest BCUT2D eigenvalue weighted by atomic mass is 9.97. The molecule has 4 nitrogen and oxygen atoms in total. The van der Waals surface area contributed by atoms with Crippen LogP contribution in [0.3, 0.4) is 0 Å². The van der Waals surface area contributed by atoms with Crippen LogP contribution in [-0.4, -0.2) is 47.8 Å². The minimum Gasteiger partial charge on any atom is -0.480 e. The molecule has 0 bridgehead atoms. The summed E-state index contributed by atoms with van der Waals surface area (Å²) in [4.78, 5) is 12.1. The molecule has 0 saturated carbocycles. The Morgan fingerprint density at radius 3 is 2.71 bits per heavy atom. The summed E-state index contributed by atoms with van der Waals surface area (Å²) < 4.78 is 37.5. The molecule has 0 aromatic carbocycles. The van der Waals surface area contributed by atoms with E-state index >= 15 is 0 Å². The zero-order valence-electron chi connectivity index (χ0n) is 9.41. The summed E-state index contributed by atoms with van der Waals surface area (Å²) in [6.07, 6.45) is -3.33. The van der Waals surface area contributed by atoms with E-state index in [-0.39, 0.29) is 19.4 Å². The largest absolute Gasteiger partial charge is 0.480 e. The number of piperidine rings is 1. The van der Waals surface area contributed by atoms with Crippen LogP contribution in [0.15, 0.2) is 0 Å². The lowest BCUT2D eigenvalue weighted by molar-refractivity contribution is -0.186. The molecule has 1 fully saturated rings. The van der Waals surface area contributed by atoms with Crippen LogP contribution in [-0.2, 0) is 4.79 Å². The summed E-state index contributed by atoms with van der Waals surface area (Å²) in [7, 11) is 0. The standard InChI is InChI=1S/C10H17F3N2O2/c11-10(12,13)7-2-1-4-15(6-7)5-3-8(14)9(16)17/h7-8H,1-6,14H2,(H,16,17). The van der Waals surface area contributed by atoms with Gasteiger partial charge in [-0.25, -0.2) is 0 Å². The van der Waals surface area contributed by atoms with Crippen LogP contribution < -0.4 is 5.73 Å². The highest BCUT2D eigenvalue weighted by atomic mass is 19.4. The van der Waals surface area contributed by atoms with Crippen molar-refractivity contribution in [1.29, 1.82) is 0 Å². The molecule has 1 aliphatic heterocycles. The van der Waals surface area contributed by atoms with Crippen molar-refractivity contribution in [3.8, 4) is 0 Å². The Balaban J connectivity index is 2.37. The van der Waals surface area contributed by atoms with E-state index in [4.69, 9.17) is 10.8 Å². The topological polar surface area (TPSA) is 66.6 Å². The van der Waals surface area contributed by atoms with Gasteiger partial charge in [-0.3, -0.25) is 4.79 Å². The normalized spacial score (nSPS) is 24.6. The monoisotopic (exact) mass is 254 g/mol. The number of carbonyl (C=O) groups is 1. The smallest absolute Gasteiger partial charge is 0.393 e. The van der Waals surface area contributed by atoms with Crippen molar-refractivity contribution in [2.45, 2.75) is 31.5 Å². The van der Waals surface area contributed by atoms with E-state index in [2.05, 4.69) is 0 Å². The fraction of sp³-hybridized carbons (Fsp3) is 0.900. The van der Waals surface area contributed by atoms with E-state index < -0.39 is 24.1 Å². The van der Waals surface area contributed by atoms with Gasteiger partial charge in [0.1, 0.15) is 6.04 Å². The molecule has 7 heteroatoms. The Morgan fingerprint density at radius 1 is 1.53 bits per heavy atom. The molecule has 2 unspecified atom stereocenters. The Labute approximate surface area is 97.6 Å². The number of carboxylic acid groups (broad SMARTS) is 1. The second-order valence-electron chi connectivity index (χ2n) is 4.41. The first kappa shape index (κ1) is 14.2. The Bertz CT molecular complexity index is 271. The third-order valence-corrected chi connectivity index (χ3v) is 3.04. The number of likely N-dealkylation sites (tertiary alicyclic amines) is 1. The molecule has 1 saturated heterocycles. The van der Waals surface area contributed by atoms with Crippen LogP contribution in [0, 0.1) is 5.92 Å². The number of carboxylic acids is 1. The molecule has 1 aliphatic rings. The molecule has 1 heterocycles. The number of alkyl halides is 3. The maximum Gasteiger partial charge on any atom is 0.393 e. The molecule has 1 rings (SSSR count). The molecule has 0 radical (unpaired) electrons. The number of aliphatic carboxylic acids is 1. The Morgan fingerprint density at radius 2 is 2.18 bits per heavy atom. The van der Waals surface area contributed by atoms with Gasteiger partial charge >= 0.3 is 12.1 Å². The van der Waals surface area contributed by atoms with Gasteiger partial charge in [0, 0.05) is 13.1 Å². The van der Waals surface area contributed by atoms with E-state index in [1.165, 1.54) is 0 Å². The Hall–Kier alpha value is -0.820. The second-order valence-corrected chi connectivity index (χ2v) is 4.41. The van der Waals surface area contributed by atoms with Crippen molar-refractivity contribution in [1.82, 2.24) is 4.90 Å². The summed E-state index contributed by atoms with van der Waals surface area (Å²) in [5, 5.41) is 8.57. The summed E-state index contributed by atoms with van der Waals surface area (Å²) in [5.41, 5.74) is 5.31. The minimum atomic E-state index is -4.16. The number of hydrogen-bond donors (Lipinski definition) is 2. The third kappa shape index (κ3) is 4.51. The molecule has 0 aromatic heterocycles. The Kier molecular flexibility index (Phi) is 4.76. The van der Waals surface area contributed by atoms with Crippen molar-refractivity contribution in [3.63, 3.8) is 0 Å². The highest BCUT2D eigenvalue weighted by molar-refractivity contribution is 5.72. The maximum atomic E-state index is 12.5. The summed E-state index contributed by atoms with van der Waals surface area (Å²) in [5.74, 6) is -2.41. The fourth-order valence-electron chi connectivity index (χ4n) is 1.97. The van der Waals surface area contributed by atoms with Gasteiger partial charge in [-0.05, 0) is 25.8 Å². The molecule has 3 N–H and O–H groups in total. The van der Waals surface area contributed by atoms with Crippen molar-refractivity contribution in [3.05, 3.63) is 0 Å². The number of rotatable bonds is 4. The first-order valence-electron chi connectivity index (χ1n) is 5.58. The van der Waals surface area contributed by atoms with Gasteiger partial charge < -0.3 is 15.7 Å². The van der Waals surface area contributed by atoms with Gasteiger partial charge in [-0.1, -0.05) is 0 Å². The number of hydrogen-bond acceptors (Lipinski definition) is 3. The molecule has 0 spiro atoms. The van der Waals surface area contributed by atoms with E-state index in [1.54, 1.807) is 4.90 Å². The number of nitrogens with zero attached hydrogens (tertiary/aromatic N) is 1. The average Bonchev–Trinajstić information content (AvgIpc) is 2.25. The van der Waals surface area contributed by atoms with E-state index in [0.29, 0.717) is 19.5 Å². The molecule has 0 aliphatic carbocycles. The molecular formula is C10H17F3N2O2. The second kappa shape index (κ2) is 5.68. The van der Waals surface area contributed by atoms with Gasteiger partial charge in [0.25, 0.3) is 0 Å². The predicted molar refractivity (Wildman–Crippen MR) is 55.4 cm³/mol. The third-order valence-electron chi connectivity index (χ3n) is 3.04. The molecule has 100 valence electrons. The van der Waals surface area contributed by atoms with Crippen LogP contribution in [0.2, 0.25) is 0 Å². The SMILES string of the molecule is NC(CCN1CCCC(C(F)(F)F)C1)C(=O)O. The zero-order chi connectivity index (χ0) is 13.1. The van der Waals surface area contributed by atoms with Crippen LogP contribution in [0.4, 0.5) is 13.2 Å². The van der Waals surface area contributed by atoms with Crippen LogP contribution in [0.25, 0.3) is 0 Å². The number of nitrogens with two attached hydrogens (primary N) is 1. The highest BCUT2D eigenvalue weighted by Crippen LogP contribution is 2.33. The van der Waals surface area contributed by atoms with Crippen LogP contribution in [0.5, 0.6) is 0 Å². The van der Waals surface area contributed by atoms with Crippen molar-refractivity contribution in [2.24, 2.45) is 11.7 Å². The average molecular weight is 254 g/mol. The van der Waals surface area contributed by atoms with Crippen molar-refractivity contribution < 1.29 is 23.1 Å². The lowest BCUT2D eigenvalue weighted by Gasteiger charge is -2.33. The maximum absolute atomic E-state index is 12.5. The first-order chi connectivity index (χ1) is 7.80. The lowest BCUT2D eigenvalue weighted by Crippen LogP contribution is -2.44. The summed E-state index contributed by atoms with van der Waals surface area (Å²) >= 11 is 0. The molecule has 2 atom stereocenters. The van der Waals surface area contributed by atoms with E-state index in [0.717, 1.165) is 0 Å². The molecule has 0 amide bonds. The van der Waals surface area contributed by atoms with Crippen molar-refractivity contribution in [2.75, 3.05) is 19.6 Å². The van der Waals surface area contributed by atoms with Crippen LogP contribution >= 0.6 is 0 Å². The van der Waals surface area contributed by atoms with Gasteiger partial charge in [0.2, 0.25) is 0 Å². The van der Waals surface area contributed by atoms with Gasteiger partial charge in [0.15, 0.2) is 0 Å². The molecular weight excluding hydrogens is 237 g/mol. The minimum absolute atomic E-state index is 0.0458. The predicted octanol–water partition coefficient (Wildman–Crippen LogP) is 1.06. The molecule has 0 aromatic rings. The van der Waals surface area contributed by atoms with Crippen LogP contribution in [0.1, 0.15) is 19.3 Å². The summed E-state index contributed by atoms with van der Waals surface area (Å²) in [6, 6.07) is -0.999. The number of halogens is 3. The van der Waals surface area contributed by atoms with E-state index in [9.17, 15) is 18.0 Å². The van der Waals surface area contributed by atoms with E-state index in [1.807, 2.05) is 0 Å². The fourth-order valence-corrected chi connectivity index (χ4v) is 1.97. The quantitative estimate of drug-likeness (QED) is 0.787. The zero-order valence-corrected chi connectivity index (χ0v) is 9.41.